The molecular weight excluding hydrogens is 248 g/mol. The van der Waals surface area contributed by atoms with Gasteiger partial charge in [-0.1, -0.05) is 49.6 Å². The van der Waals surface area contributed by atoms with Crippen LogP contribution in [-0.4, -0.2) is 29.4 Å². The molecule has 0 aromatic heterocycles. The molecule has 1 aromatic rings. The van der Waals surface area contributed by atoms with E-state index in [9.17, 15) is 4.79 Å². The zero-order valence-corrected chi connectivity index (χ0v) is 12.1. The zero-order valence-electron chi connectivity index (χ0n) is 12.1. The van der Waals surface area contributed by atoms with Gasteiger partial charge in [0.05, 0.1) is 5.54 Å². The summed E-state index contributed by atoms with van der Waals surface area (Å²) in [6, 6.07) is 10.5. The van der Waals surface area contributed by atoms with Crippen molar-refractivity contribution in [2.45, 2.75) is 50.0 Å². The third-order valence-corrected chi connectivity index (χ3v) is 4.92. The van der Waals surface area contributed by atoms with Crippen LogP contribution in [0.4, 0.5) is 0 Å². The van der Waals surface area contributed by atoms with Gasteiger partial charge < -0.3 is 10.6 Å². The highest BCUT2D eigenvalue weighted by Gasteiger charge is 2.40. The summed E-state index contributed by atoms with van der Waals surface area (Å²) < 4.78 is 0. The monoisotopic (exact) mass is 272 g/mol. The Morgan fingerprint density at radius 3 is 2.55 bits per heavy atom. The van der Waals surface area contributed by atoms with Crippen LogP contribution >= 0.6 is 0 Å². The smallest absolute Gasteiger partial charge is 0.242 e. The fourth-order valence-corrected chi connectivity index (χ4v) is 3.65. The van der Waals surface area contributed by atoms with Crippen LogP contribution in [0.2, 0.25) is 0 Å². The minimum absolute atomic E-state index is 0.190. The van der Waals surface area contributed by atoms with Gasteiger partial charge in [-0.15, -0.1) is 0 Å². The fraction of sp³-hybridized carbons (Fsp3) is 0.588. The van der Waals surface area contributed by atoms with E-state index in [1.165, 1.54) is 12.0 Å². The standard InChI is InChI=1S/C17H24N2O/c18-17(10-5-2-6-11-17)16(20)19-12-9-15(13-19)14-7-3-1-4-8-14/h1,3-4,7-8,15H,2,5-6,9-13,18H2. The largest absolute Gasteiger partial charge is 0.340 e. The molecular formula is C17H24N2O. The van der Waals surface area contributed by atoms with Gasteiger partial charge in [-0.05, 0) is 24.8 Å². The van der Waals surface area contributed by atoms with Crippen molar-refractivity contribution in [1.29, 1.82) is 0 Å². The van der Waals surface area contributed by atoms with E-state index in [2.05, 4.69) is 24.3 Å². The molecule has 20 heavy (non-hydrogen) atoms. The number of likely N-dealkylation sites (tertiary alicyclic amines) is 1. The highest BCUT2D eigenvalue weighted by Crippen LogP contribution is 2.32. The molecule has 2 aliphatic rings. The molecule has 3 nitrogen and oxygen atoms in total. The van der Waals surface area contributed by atoms with Crippen LogP contribution in [0.25, 0.3) is 0 Å². The maximum absolute atomic E-state index is 12.7. The van der Waals surface area contributed by atoms with E-state index in [4.69, 9.17) is 5.73 Å². The molecule has 0 radical (unpaired) electrons. The summed E-state index contributed by atoms with van der Waals surface area (Å²) in [7, 11) is 0. The molecule has 1 heterocycles. The van der Waals surface area contributed by atoms with E-state index >= 15 is 0 Å². The topological polar surface area (TPSA) is 46.3 Å². The van der Waals surface area contributed by atoms with Gasteiger partial charge in [0.2, 0.25) is 5.91 Å². The number of hydrogen-bond acceptors (Lipinski definition) is 2. The molecule has 0 spiro atoms. The molecule has 1 saturated heterocycles. The van der Waals surface area contributed by atoms with Crippen LogP contribution in [0.1, 0.15) is 50.0 Å². The van der Waals surface area contributed by atoms with Gasteiger partial charge >= 0.3 is 0 Å². The van der Waals surface area contributed by atoms with Gasteiger partial charge in [-0.3, -0.25) is 4.79 Å². The number of benzene rings is 1. The Kier molecular flexibility index (Phi) is 3.79. The van der Waals surface area contributed by atoms with Crippen LogP contribution in [0.3, 0.4) is 0 Å². The minimum Gasteiger partial charge on any atom is -0.340 e. The Labute approximate surface area is 121 Å². The molecule has 1 amide bonds. The Hall–Kier alpha value is -1.35. The lowest BCUT2D eigenvalue weighted by atomic mass is 9.81. The summed E-state index contributed by atoms with van der Waals surface area (Å²) in [6.45, 7) is 1.69. The van der Waals surface area contributed by atoms with Crippen molar-refractivity contribution >= 4 is 5.91 Å². The second kappa shape index (κ2) is 5.57. The molecule has 1 saturated carbocycles. The van der Waals surface area contributed by atoms with Crippen molar-refractivity contribution in [3.63, 3.8) is 0 Å². The molecule has 2 fully saturated rings. The molecule has 1 aliphatic carbocycles. The number of nitrogens with zero attached hydrogens (tertiary/aromatic N) is 1. The zero-order chi connectivity index (χ0) is 14.0. The number of carbonyl (C=O) groups excluding carboxylic acids is 1. The molecule has 1 aromatic carbocycles. The molecule has 1 aliphatic heterocycles. The molecule has 0 bridgehead atoms. The second-order valence-electron chi connectivity index (χ2n) is 6.36. The van der Waals surface area contributed by atoms with Gasteiger partial charge in [-0.2, -0.15) is 0 Å². The molecule has 3 heteroatoms. The molecule has 108 valence electrons. The molecule has 3 rings (SSSR count). The Bertz CT molecular complexity index is 465. The Balaban J connectivity index is 1.66. The van der Waals surface area contributed by atoms with E-state index in [1.54, 1.807) is 0 Å². The summed E-state index contributed by atoms with van der Waals surface area (Å²) in [4.78, 5) is 14.7. The van der Waals surface area contributed by atoms with E-state index < -0.39 is 5.54 Å². The van der Waals surface area contributed by atoms with Gasteiger partial charge in [0.1, 0.15) is 0 Å². The van der Waals surface area contributed by atoms with Crippen molar-refractivity contribution in [3.8, 4) is 0 Å². The number of rotatable bonds is 2. The Morgan fingerprint density at radius 2 is 1.85 bits per heavy atom. The SMILES string of the molecule is NC1(C(=O)N2CCC(c3ccccc3)C2)CCCCC1. The van der Waals surface area contributed by atoms with Crippen molar-refractivity contribution in [2.24, 2.45) is 5.73 Å². The van der Waals surface area contributed by atoms with Gasteiger partial charge in [0, 0.05) is 19.0 Å². The normalized spacial score (nSPS) is 25.6. The lowest BCUT2D eigenvalue weighted by Crippen LogP contribution is -2.55. The lowest BCUT2D eigenvalue weighted by Gasteiger charge is -2.35. The number of amides is 1. The number of hydrogen-bond donors (Lipinski definition) is 1. The van der Waals surface area contributed by atoms with Crippen LogP contribution in [0.15, 0.2) is 30.3 Å². The van der Waals surface area contributed by atoms with Crippen LogP contribution in [-0.2, 0) is 4.79 Å². The predicted octanol–water partition coefficient (Wildman–Crippen LogP) is 2.66. The first-order valence-electron chi connectivity index (χ1n) is 7.82. The van der Waals surface area contributed by atoms with Crippen LogP contribution in [0, 0.1) is 0 Å². The van der Waals surface area contributed by atoms with Gasteiger partial charge in [-0.25, -0.2) is 0 Å². The highest BCUT2D eigenvalue weighted by molar-refractivity contribution is 5.86. The van der Waals surface area contributed by atoms with Crippen molar-refractivity contribution in [2.75, 3.05) is 13.1 Å². The summed E-state index contributed by atoms with van der Waals surface area (Å²) in [5, 5.41) is 0. The summed E-state index contributed by atoms with van der Waals surface area (Å²) in [5.41, 5.74) is 7.14. The van der Waals surface area contributed by atoms with Crippen LogP contribution < -0.4 is 5.73 Å². The third kappa shape index (κ3) is 2.59. The summed E-state index contributed by atoms with van der Waals surface area (Å²) in [6.07, 6.45) is 6.19. The quantitative estimate of drug-likeness (QED) is 0.899. The first kappa shape index (κ1) is 13.6. The van der Waals surface area contributed by atoms with Crippen molar-refractivity contribution in [1.82, 2.24) is 4.90 Å². The summed E-state index contributed by atoms with van der Waals surface area (Å²) >= 11 is 0. The Morgan fingerprint density at radius 1 is 1.15 bits per heavy atom. The van der Waals surface area contributed by atoms with Crippen LogP contribution in [0.5, 0.6) is 0 Å². The van der Waals surface area contributed by atoms with Crippen molar-refractivity contribution < 1.29 is 4.79 Å². The third-order valence-electron chi connectivity index (χ3n) is 4.92. The second-order valence-corrected chi connectivity index (χ2v) is 6.36. The van der Waals surface area contributed by atoms with E-state index in [-0.39, 0.29) is 5.91 Å². The van der Waals surface area contributed by atoms with E-state index in [0.717, 1.165) is 45.2 Å². The van der Waals surface area contributed by atoms with E-state index in [0.29, 0.717) is 5.92 Å². The lowest BCUT2D eigenvalue weighted by molar-refractivity contribution is -0.137. The summed E-state index contributed by atoms with van der Waals surface area (Å²) in [5.74, 6) is 0.669. The fourth-order valence-electron chi connectivity index (χ4n) is 3.65. The van der Waals surface area contributed by atoms with Crippen molar-refractivity contribution in [3.05, 3.63) is 35.9 Å². The number of carbonyl (C=O) groups is 1. The first-order chi connectivity index (χ1) is 9.69. The minimum atomic E-state index is -0.580. The first-order valence-corrected chi connectivity index (χ1v) is 7.82. The maximum atomic E-state index is 12.7. The van der Waals surface area contributed by atoms with Gasteiger partial charge in [0.15, 0.2) is 0 Å². The maximum Gasteiger partial charge on any atom is 0.242 e. The molecule has 1 unspecified atom stereocenters. The van der Waals surface area contributed by atoms with Gasteiger partial charge in [0.25, 0.3) is 0 Å². The predicted molar refractivity (Wildman–Crippen MR) is 80.4 cm³/mol. The molecule has 2 N–H and O–H groups in total. The number of nitrogens with two attached hydrogens (primary N) is 1. The van der Waals surface area contributed by atoms with E-state index in [1.807, 2.05) is 11.0 Å². The average Bonchev–Trinajstić information content (AvgIpc) is 2.98. The highest BCUT2D eigenvalue weighted by atomic mass is 16.2. The average molecular weight is 272 g/mol. The molecule has 1 atom stereocenters.